The molecule has 1 amide bonds. The summed E-state index contributed by atoms with van der Waals surface area (Å²) in [5.74, 6) is 0.959. The van der Waals surface area contributed by atoms with Crippen molar-refractivity contribution < 1.29 is 9.53 Å². The number of hydrogen-bond acceptors (Lipinski definition) is 3. The third kappa shape index (κ3) is 6.19. The highest BCUT2D eigenvalue weighted by Crippen LogP contribution is 2.20. The van der Waals surface area contributed by atoms with E-state index in [9.17, 15) is 4.79 Å². The van der Waals surface area contributed by atoms with Crippen molar-refractivity contribution in [3.8, 4) is 5.75 Å². The van der Waals surface area contributed by atoms with E-state index in [4.69, 9.17) is 4.74 Å². The smallest absolute Gasteiger partial charge is 0.237 e. The van der Waals surface area contributed by atoms with Crippen LogP contribution in [0.1, 0.15) is 36.0 Å². The first-order valence-corrected chi connectivity index (χ1v) is 11.1. The van der Waals surface area contributed by atoms with Crippen LogP contribution < -0.4 is 10.1 Å². The number of hydrogen-bond donors (Lipinski definition) is 1. The van der Waals surface area contributed by atoms with Crippen LogP contribution in [0.3, 0.4) is 0 Å². The quantitative estimate of drug-likeness (QED) is 0.568. The van der Waals surface area contributed by atoms with Crippen LogP contribution in [0.25, 0.3) is 0 Å². The maximum Gasteiger partial charge on any atom is 0.237 e. The Labute approximate surface area is 184 Å². The number of carbonyl (C=O) groups excluding carboxylic acids is 1. The van der Waals surface area contributed by atoms with Gasteiger partial charge in [-0.05, 0) is 48.2 Å². The highest BCUT2D eigenvalue weighted by molar-refractivity contribution is 5.81. The van der Waals surface area contributed by atoms with Gasteiger partial charge < -0.3 is 10.1 Å². The van der Waals surface area contributed by atoms with Gasteiger partial charge in [0.2, 0.25) is 5.91 Å². The Morgan fingerprint density at radius 3 is 2.23 bits per heavy atom. The van der Waals surface area contributed by atoms with E-state index in [2.05, 4.69) is 46.6 Å². The maximum absolute atomic E-state index is 12.9. The Hall–Kier alpha value is -3.11. The molecular weight excluding hydrogens is 384 g/mol. The molecule has 1 heterocycles. The molecule has 31 heavy (non-hydrogen) atoms. The van der Waals surface area contributed by atoms with Crippen LogP contribution in [-0.2, 0) is 24.5 Å². The number of nitrogens with one attached hydrogen (secondary N) is 1. The normalized spacial score (nSPS) is 16.6. The molecule has 4 heteroatoms. The second-order valence-electron chi connectivity index (χ2n) is 8.10. The van der Waals surface area contributed by atoms with Crippen LogP contribution in [-0.4, -0.2) is 23.4 Å². The van der Waals surface area contributed by atoms with Crippen LogP contribution in [0.4, 0.5) is 0 Å². The number of nitrogens with zero attached hydrogens (tertiary/aromatic N) is 1. The summed E-state index contributed by atoms with van der Waals surface area (Å²) in [6.45, 7) is 2.89. The fraction of sp³-hybridized carbons (Fsp3) is 0.296. The number of ether oxygens (including phenoxy) is 1. The Morgan fingerprint density at radius 1 is 0.839 bits per heavy atom. The predicted molar refractivity (Wildman–Crippen MR) is 124 cm³/mol. The molecular formula is C27H30N2O2. The standard InChI is InChI=1S/C27H30N2O2/c30-27(26-13-7-8-18-29(26)20-23-9-3-1-4-10-23)28-19-22-14-16-25(17-15-22)31-21-24-11-5-2-6-12-24/h1-6,9-12,14-17,26H,7-8,13,18-21H2,(H,28,30). The second-order valence-corrected chi connectivity index (χ2v) is 8.10. The number of amides is 1. The maximum atomic E-state index is 12.9. The molecule has 1 aliphatic rings. The average molecular weight is 415 g/mol. The van der Waals surface area contributed by atoms with Gasteiger partial charge in [-0.25, -0.2) is 0 Å². The summed E-state index contributed by atoms with van der Waals surface area (Å²) in [6, 6.07) is 28.4. The minimum absolute atomic E-state index is 0.0533. The molecule has 3 aromatic rings. The molecule has 0 bridgehead atoms. The number of benzene rings is 3. The SMILES string of the molecule is O=C(NCc1ccc(OCc2ccccc2)cc1)C1CCCCN1Cc1ccccc1. The third-order valence-corrected chi connectivity index (χ3v) is 5.78. The van der Waals surface area contributed by atoms with Crippen molar-refractivity contribution in [2.45, 2.75) is 45.0 Å². The molecule has 3 aromatic carbocycles. The van der Waals surface area contributed by atoms with Gasteiger partial charge in [0.15, 0.2) is 0 Å². The van der Waals surface area contributed by atoms with E-state index in [0.29, 0.717) is 13.2 Å². The molecule has 1 atom stereocenters. The molecule has 1 saturated heterocycles. The van der Waals surface area contributed by atoms with E-state index in [1.807, 2.05) is 48.5 Å². The van der Waals surface area contributed by atoms with E-state index in [0.717, 1.165) is 49.2 Å². The minimum Gasteiger partial charge on any atom is -0.489 e. The van der Waals surface area contributed by atoms with Crippen LogP contribution in [0, 0.1) is 0 Å². The second kappa shape index (κ2) is 10.8. The monoisotopic (exact) mass is 414 g/mol. The number of piperidine rings is 1. The van der Waals surface area contributed by atoms with Crippen LogP contribution >= 0.6 is 0 Å². The summed E-state index contributed by atoms with van der Waals surface area (Å²) in [4.78, 5) is 15.2. The van der Waals surface area contributed by atoms with Gasteiger partial charge in [-0.3, -0.25) is 9.69 Å². The molecule has 4 nitrogen and oxygen atoms in total. The highest BCUT2D eigenvalue weighted by Gasteiger charge is 2.28. The van der Waals surface area contributed by atoms with E-state index in [-0.39, 0.29) is 11.9 Å². The van der Waals surface area contributed by atoms with Gasteiger partial charge in [0.1, 0.15) is 12.4 Å². The van der Waals surface area contributed by atoms with E-state index < -0.39 is 0 Å². The summed E-state index contributed by atoms with van der Waals surface area (Å²) in [5, 5.41) is 3.14. The minimum atomic E-state index is -0.0533. The zero-order chi connectivity index (χ0) is 21.3. The van der Waals surface area contributed by atoms with Crippen molar-refractivity contribution in [1.82, 2.24) is 10.2 Å². The van der Waals surface area contributed by atoms with Crippen LogP contribution in [0.2, 0.25) is 0 Å². The van der Waals surface area contributed by atoms with E-state index >= 15 is 0 Å². The third-order valence-electron chi connectivity index (χ3n) is 5.78. The Morgan fingerprint density at radius 2 is 1.52 bits per heavy atom. The largest absolute Gasteiger partial charge is 0.489 e. The summed E-state index contributed by atoms with van der Waals surface area (Å²) in [5.41, 5.74) is 3.48. The number of rotatable bonds is 8. The van der Waals surface area contributed by atoms with Gasteiger partial charge in [-0.1, -0.05) is 79.2 Å². The highest BCUT2D eigenvalue weighted by atomic mass is 16.5. The lowest BCUT2D eigenvalue weighted by Gasteiger charge is -2.34. The molecule has 160 valence electrons. The zero-order valence-corrected chi connectivity index (χ0v) is 17.9. The first kappa shape index (κ1) is 21.1. The number of likely N-dealkylation sites (tertiary alicyclic amines) is 1. The van der Waals surface area contributed by atoms with Crippen molar-refractivity contribution in [3.05, 3.63) is 102 Å². The molecule has 4 rings (SSSR count). The predicted octanol–water partition coefficient (Wildman–Crippen LogP) is 4.94. The van der Waals surface area contributed by atoms with Crippen LogP contribution in [0.15, 0.2) is 84.9 Å². The summed E-state index contributed by atoms with van der Waals surface area (Å²) in [7, 11) is 0. The molecule has 0 spiro atoms. The molecule has 0 aromatic heterocycles. The Bertz CT molecular complexity index is 942. The first-order chi connectivity index (χ1) is 15.3. The first-order valence-electron chi connectivity index (χ1n) is 11.1. The summed E-state index contributed by atoms with van der Waals surface area (Å²) < 4.78 is 5.84. The van der Waals surface area contributed by atoms with Crippen LogP contribution in [0.5, 0.6) is 5.75 Å². The van der Waals surface area contributed by atoms with Gasteiger partial charge in [0.05, 0.1) is 6.04 Å². The van der Waals surface area contributed by atoms with Gasteiger partial charge in [-0.15, -0.1) is 0 Å². The summed E-state index contributed by atoms with van der Waals surface area (Å²) >= 11 is 0. The van der Waals surface area contributed by atoms with Crippen molar-refractivity contribution >= 4 is 5.91 Å². The van der Waals surface area contributed by atoms with Crippen molar-refractivity contribution in [2.24, 2.45) is 0 Å². The van der Waals surface area contributed by atoms with Crippen molar-refractivity contribution in [1.29, 1.82) is 0 Å². The van der Waals surface area contributed by atoms with Gasteiger partial charge in [0.25, 0.3) is 0 Å². The van der Waals surface area contributed by atoms with E-state index in [1.54, 1.807) is 0 Å². The molecule has 1 unspecified atom stereocenters. The molecule has 0 aliphatic carbocycles. The molecule has 1 N–H and O–H groups in total. The van der Waals surface area contributed by atoms with Gasteiger partial charge in [-0.2, -0.15) is 0 Å². The summed E-state index contributed by atoms with van der Waals surface area (Å²) in [6.07, 6.45) is 3.18. The topological polar surface area (TPSA) is 41.6 Å². The lowest BCUT2D eigenvalue weighted by molar-refractivity contribution is -0.128. The zero-order valence-electron chi connectivity index (χ0n) is 17.9. The van der Waals surface area contributed by atoms with Crippen molar-refractivity contribution in [2.75, 3.05) is 6.54 Å². The fourth-order valence-electron chi connectivity index (χ4n) is 4.05. The lowest BCUT2D eigenvalue weighted by Crippen LogP contribution is -2.48. The van der Waals surface area contributed by atoms with Crippen molar-refractivity contribution in [3.63, 3.8) is 0 Å². The molecule has 1 fully saturated rings. The molecule has 1 aliphatic heterocycles. The Kier molecular flexibility index (Phi) is 7.35. The molecule has 0 radical (unpaired) electrons. The number of carbonyl (C=O) groups is 1. The van der Waals surface area contributed by atoms with Gasteiger partial charge >= 0.3 is 0 Å². The molecule has 0 saturated carbocycles. The van der Waals surface area contributed by atoms with Gasteiger partial charge in [0, 0.05) is 13.1 Å². The average Bonchev–Trinajstić information content (AvgIpc) is 2.83. The fourth-order valence-corrected chi connectivity index (χ4v) is 4.05. The Balaban J connectivity index is 1.28. The van der Waals surface area contributed by atoms with E-state index in [1.165, 1.54) is 5.56 Å². The lowest BCUT2D eigenvalue weighted by atomic mass is 10.00.